The molecule has 1 aromatic rings. The van der Waals surface area contributed by atoms with Crippen molar-refractivity contribution in [1.29, 1.82) is 0 Å². The highest BCUT2D eigenvalue weighted by atomic mass is 32.1. The number of ether oxygens (including phenoxy) is 2. The Balaban J connectivity index is 2.75. The van der Waals surface area contributed by atoms with Gasteiger partial charge in [-0.25, -0.2) is 9.78 Å². The van der Waals surface area contributed by atoms with Gasteiger partial charge in [0.25, 0.3) is 0 Å². The molecule has 0 spiro atoms. The highest BCUT2D eigenvalue weighted by molar-refractivity contribution is 7.09. The van der Waals surface area contributed by atoms with Crippen LogP contribution in [0.1, 0.15) is 62.5 Å². The van der Waals surface area contributed by atoms with E-state index in [0.717, 1.165) is 17.8 Å². The fraction of sp³-hybridized carbons (Fsp3) is 0.737. The van der Waals surface area contributed by atoms with Crippen LogP contribution in [-0.4, -0.2) is 49.1 Å². The summed E-state index contributed by atoms with van der Waals surface area (Å²) >= 11 is 1.37. The summed E-state index contributed by atoms with van der Waals surface area (Å²) in [7, 11) is 2.99. The first-order valence-corrected chi connectivity index (χ1v) is 9.83. The van der Waals surface area contributed by atoms with E-state index >= 15 is 0 Å². The van der Waals surface area contributed by atoms with Crippen molar-refractivity contribution in [1.82, 2.24) is 9.88 Å². The molecule has 0 aromatic carbocycles. The van der Waals surface area contributed by atoms with Crippen molar-refractivity contribution < 1.29 is 19.1 Å². The van der Waals surface area contributed by atoms with Crippen molar-refractivity contribution in [3.05, 3.63) is 16.1 Å². The van der Waals surface area contributed by atoms with E-state index in [1.54, 1.807) is 12.5 Å². The Morgan fingerprint density at radius 1 is 1.31 bits per heavy atom. The third kappa shape index (κ3) is 8.27. The van der Waals surface area contributed by atoms with Gasteiger partial charge in [-0.1, -0.05) is 27.7 Å². The summed E-state index contributed by atoms with van der Waals surface area (Å²) in [6.45, 7) is 10.3. The fourth-order valence-corrected chi connectivity index (χ4v) is 3.76. The van der Waals surface area contributed by atoms with Gasteiger partial charge >= 0.3 is 5.97 Å². The average molecular weight is 385 g/mol. The SMILES string of the molecule is COCCCN(Cc1nc(C(=O)OC)cs1)C(=O)CC(C)CC(C)(C)C. The number of esters is 1. The summed E-state index contributed by atoms with van der Waals surface area (Å²) in [4.78, 5) is 30.5. The van der Waals surface area contributed by atoms with Crippen molar-refractivity contribution in [2.45, 2.75) is 53.5 Å². The van der Waals surface area contributed by atoms with Gasteiger partial charge in [0, 0.05) is 32.1 Å². The zero-order chi connectivity index (χ0) is 19.7. The predicted octanol–water partition coefficient (Wildman–Crippen LogP) is 3.76. The molecule has 148 valence electrons. The molecule has 1 aromatic heterocycles. The average Bonchev–Trinajstić information content (AvgIpc) is 3.00. The van der Waals surface area contributed by atoms with E-state index in [1.807, 2.05) is 4.90 Å². The second kappa shape index (κ2) is 10.6. The van der Waals surface area contributed by atoms with Gasteiger partial charge in [0.2, 0.25) is 5.91 Å². The first-order chi connectivity index (χ1) is 12.2. The molecule has 0 fully saturated rings. The molecule has 0 saturated heterocycles. The largest absolute Gasteiger partial charge is 0.464 e. The summed E-state index contributed by atoms with van der Waals surface area (Å²) in [5.41, 5.74) is 0.489. The van der Waals surface area contributed by atoms with Crippen LogP contribution in [0.4, 0.5) is 0 Å². The van der Waals surface area contributed by atoms with E-state index in [1.165, 1.54) is 18.4 Å². The maximum atomic E-state index is 12.8. The van der Waals surface area contributed by atoms with Gasteiger partial charge < -0.3 is 14.4 Å². The summed E-state index contributed by atoms with van der Waals surface area (Å²) in [5, 5.41) is 2.40. The second-order valence-corrected chi connectivity index (χ2v) is 8.80. The molecule has 0 aliphatic rings. The van der Waals surface area contributed by atoms with Gasteiger partial charge in [-0.3, -0.25) is 4.79 Å². The third-order valence-corrected chi connectivity index (χ3v) is 4.72. The van der Waals surface area contributed by atoms with E-state index in [9.17, 15) is 9.59 Å². The van der Waals surface area contributed by atoms with Crippen LogP contribution in [0.25, 0.3) is 0 Å². The minimum Gasteiger partial charge on any atom is -0.464 e. The summed E-state index contributed by atoms with van der Waals surface area (Å²) in [6, 6.07) is 0. The van der Waals surface area contributed by atoms with Crippen LogP contribution in [0.3, 0.4) is 0 Å². The van der Waals surface area contributed by atoms with Crippen LogP contribution >= 0.6 is 11.3 Å². The van der Waals surface area contributed by atoms with E-state index in [2.05, 4.69) is 37.4 Å². The maximum absolute atomic E-state index is 12.8. The molecule has 0 bridgehead atoms. The van der Waals surface area contributed by atoms with Gasteiger partial charge in [0.1, 0.15) is 5.01 Å². The van der Waals surface area contributed by atoms with Gasteiger partial charge in [0.05, 0.1) is 13.7 Å². The number of hydrogen-bond acceptors (Lipinski definition) is 6. The lowest BCUT2D eigenvalue weighted by atomic mass is 9.84. The number of nitrogens with zero attached hydrogens (tertiary/aromatic N) is 2. The Labute approximate surface area is 160 Å². The van der Waals surface area contributed by atoms with Crippen LogP contribution in [0.15, 0.2) is 5.38 Å². The smallest absolute Gasteiger partial charge is 0.357 e. The Kier molecular flexibility index (Phi) is 9.22. The number of methoxy groups -OCH3 is 2. The zero-order valence-electron chi connectivity index (χ0n) is 16.8. The minimum atomic E-state index is -0.455. The summed E-state index contributed by atoms with van der Waals surface area (Å²) in [5.74, 6) is -0.0226. The Bertz CT molecular complexity index is 580. The van der Waals surface area contributed by atoms with Gasteiger partial charge in [-0.2, -0.15) is 0 Å². The lowest BCUT2D eigenvalue weighted by molar-refractivity contribution is -0.133. The summed E-state index contributed by atoms with van der Waals surface area (Å²) in [6.07, 6.45) is 2.28. The van der Waals surface area contributed by atoms with Crippen molar-refractivity contribution in [3.8, 4) is 0 Å². The van der Waals surface area contributed by atoms with Crippen LogP contribution in [0, 0.1) is 11.3 Å². The maximum Gasteiger partial charge on any atom is 0.357 e. The van der Waals surface area contributed by atoms with Crippen molar-refractivity contribution in [2.75, 3.05) is 27.4 Å². The minimum absolute atomic E-state index is 0.118. The fourth-order valence-electron chi connectivity index (χ4n) is 2.98. The molecular weight excluding hydrogens is 352 g/mol. The molecular formula is C19H32N2O4S. The number of thiazole rings is 1. The van der Waals surface area contributed by atoms with Crippen LogP contribution in [0.2, 0.25) is 0 Å². The van der Waals surface area contributed by atoms with E-state index < -0.39 is 5.97 Å². The van der Waals surface area contributed by atoms with Crippen molar-refractivity contribution in [3.63, 3.8) is 0 Å². The van der Waals surface area contributed by atoms with Gasteiger partial charge in [0.15, 0.2) is 5.69 Å². The lowest BCUT2D eigenvalue weighted by Crippen LogP contribution is -2.33. The van der Waals surface area contributed by atoms with Crippen molar-refractivity contribution >= 4 is 23.2 Å². The van der Waals surface area contributed by atoms with E-state index in [0.29, 0.717) is 32.0 Å². The van der Waals surface area contributed by atoms with Crippen LogP contribution in [-0.2, 0) is 20.8 Å². The number of amides is 1. The topological polar surface area (TPSA) is 68.7 Å². The Morgan fingerprint density at radius 3 is 2.58 bits per heavy atom. The number of hydrogen-bond donors (Lipinski definition) is 0. The van der Waals surface area contributed by atoms with E-state index in [4.69, 9.17) is 4.74 Å². The lowest BCUT2D eigenvalue weighted by Gasteiger charge is -2.26. The number of carbonyl (C=O) groups excluding carboxylic acids is 2. The standard InChI is InChI=1S/C19H32N2O4S/c1-14(11-19(2,3)4)10-17(22)21(8-7-9-24-5)12-16-20-15(13-26-16)18(23)25-6/h13-14H,7-12H2,1-6H3. The third-order valence-electron chi connectivity index (χ3n) is 3.89. The number of rotatable bonds is 10. The first-order valence-electron chi connectivity index (χ1n) is 8.95. The molecule has 1 rings (SSSR count). The highest BCUT2D eigenvalue weighted by Crippen LogP contribution is 2.26. The van der Waals surface area contributed by atoms with Crippen LogP contribution < -0.4 is 0 Å². The van der Waals surface area contributed by atoms with Gasteiger partial charge in [-0.15, -0.1) is 11.3 Å². The normalized spacial score (nSPS) is 12.7. The molecule has 26 heavy (non-hydrogen) atoms. The molecule has 0 N–H and O–H groups in total. The molecule has 0 saturated carbocycles. The van der Waals surface area contributed by atoms with Gasteiger partial charge in [-0.05, 0) is 24.2 Å². The Morgan fingerprint density at radius 2 is 2.00 bits per heavy atom. The van der Waals surface area contributed by atoms with E-state index in [-0.39, 0.29) is 17.0 Å². The molecule has 1 heterocycles. The predicted molar refractivity (Wildman–Crippen MR) is 103 cm³/mol. The highest BCUT2D eigenvalue weighted by Gasteiger charge is 2.22. The molecule has 0 aliphatic heterocycles. The molecule has 0 radical (unpaired) electrons. The number of carbonyl (C=O) groups is 2. The monoisotopic (exact) mass is 384 g/mol. The zero-order valence-corrected chi connectivity index (χ0v) is 17.6. The van der Waals surface area contributed by atoms with Crippen LogP contribution in [0.5, 0.6) is 0 Å². The molecule has 1 atom stereocenters. The molecule has 7 heteroatoms. The Hall–Kier alpha value is -1.47. The quantitative estimate of drug-likeness (QED) is 0.454. The number of aromatic nitrogens is 1. The summed E-state index contributed by atoms with van der Waals surface area (Å²) < 4.78 is 9.80. The molecule has 6 nitrogen and oxygen atoms in total. The first kappa shape index (κ1) is 22.6. The van der Waals surface area contributed by atoms with Crippen molar-refractivity contribution in [2.24, 2.45) is 11.3 Å². The molecule has 1 amide bonds. The molecule has 1 unspecified atom stereocenters. The second-order valence-electron chi connectivity index (χ2n) is 7.85. The molecule has 0 aliphatic carbocycles.